The topological polar surface area (TPSA) is 96.8 Å². The Balaban J connectivity index is 2.36. The third kappa shape index (κ3) is 3.39. The molecule has 0 aliphatic rings. The van der Waals surface area contributed by atoms with Crippen molar-refractivity contribution in [1.29, 1.82) is 5.26 Å². The number of nitrogens with two attached hydrogens (primary N) is 1. The highest BCUT2D eigenvalue weighted by molar-refractivity contribution is 5.66. The molecule has 1 heterocycles. The van der Waals surface area contributed by atoms with Crippen LogP contribution in [-0.4, -0.2) is 17.1 Å². The number of ether oxygens (including phenoxy) is 1. The molecule has 2 aromatic rings. The van der Waals surface area contributed by atoms with Gasteiger partial charge in [0.1, 0.15) is 23.2 Å². The summed E-state index contributed by atoms with van der Waals surface area (Å²) in [4.78, 5) is 8.62. The van der Waals surface area contributed by atoms with Crippen LogP contribution in [0, 0.1) is 11.3 Å². The van der Waals surface area contributed by atoms with Gasteiger partial charge in [-0.15, -0.1) is 0 Å². The fourth-order valence-corrected chi connectivity index (χ4v) is 1.81. The Kier molecular flexibility index (Phi) is 4.24. The second kappa shape index (κ2) is 6.09. The third-order valence-corrected chi connectivity index (χ3v) is 2.87. The van der Waals surface area contributed by atoms with Crippen LogP contribution in [0.25, 0.3) is 0 Å². The van der Waals surface area contributed by atoms with Crippen LogP contribution in [0.2, 0.25) is 0 Å². The van der Waals surface area contributed by atoms with E-state index in [-0.39, 0.29) is 5.92 Å². The number of nitrogens with zero attached hydrogens (tertiary/aromatic N) is 3. The van der Waals surface area contributed by atoms with Gasteiger partial charge < -0.3 is 15.8 Å². The van der Waals surface area contributed by atoms with Crippen molar-refractivity contribution in [2.24, 2.45) is 0 Å². The van der Waals surface area contributed by atoms with Gasteiger partial charge in [0.2, 0.25) is 0 Å². The number of aromatic nitrogens is 2. The highest BCUT2D eigenvalue weighted by Crippen LogP contribution is 2.28. The maximum absolute atomic E-state index is 8.91. The lowest BCUT2D eigenvalue weighted by Gasteiger charge is -2.13. The zero-order valence-corrected chi connectivity index (χ0v) is 12.2. The monoisotopic (exact) mass is 283 g/mol. The zero-order chi connectivity index (χ0) is 15.4. The molecule has 1 aromatic heterocycles. The molecule has 0 saturated heterocycles. The Morgan fingerprint density at radius 1 is 1.29 bits per heavy atom. The van der Waals surface area contributed by atoms with Gasteiger partial charge in [-0.25, -0.2) is 9.97 Å². The Morgan fingerprint density at radius 3 is 2.67 bits per heavy atom. The Morgan fingerprint density at radius 2 is 2.05 bits per heavy atom. The van der Waals surface area contributed by atoms with Gasteiger partial charge in [-0.1, -0.05) is 13.8 Å². The average Bonchev–Trinajstić information content (AvgIpc) is 2.47. The molecule has 0 atom stereocenters. The van der Waals surface area contributed by atoms with Crippen LogP contribution < -0.4 is 15.8 Å². The highest BCUT2D eigenvalue weighted by Gasteiger charge is 2.09. The number of methoxy groups -OCH3 is 1. The van der Waals surface area contributed by atoms with Crippen LogP contribution in [0.1, 0.15) is 31.2 Å². The van der Waals surface area contributed by atoms with Crippen molar-refractivity contribution in [2.75, 3.05) is 18.2 Å². The number of nitrogens with one attached hydrogen (secondary N) is 1. The predicted molar refractivity (Wildman–Crippen MR) is 81.5 cm³/mol. The van der Waals surface area contributed by atoms with Crippen LogP contribution >= 0.6 is 0 Å². The van der Waals surface area contributed by atoms with Crippen LogP contribution in [-0.2, 0) is 0 Å². The van der Waals surface area contributed by atoms with Crippen LogP contribution in [0.3, 0.4) is 0 Å². The standard InChI is InChI=1S/C15H17N5O/c1-9(2)15-19-13(17)7-14(20-15)18-11-5-4-10(8-16)6-12(11)21-3/h4-7,9H,1-3H3,(H3,17,18,19,20). The maximum atomic E-state index is 8.91. The van der Waals surface area contributed by atoms with Crippen molar-refractivity contribution in [3.63, 3.8) is 0 Å². The number of hydrogen-bond acceptors (Lipinski definition) is 6. The fourth-order valence-electron chi connectivity index (χ4n) is 1.81. The molecule has 21 heavy (non-hydrogen) atoms. The van der Waals surface area contributed by atoms with Gasteiger partial charge >= 0.3 is 0 Å². The van der Waals surface area contributed by atoms with E-state index in [4.69, 9.17) is 15.7 Å². The molecule has 0 unspecified atom stereocenters. The maximum Gasteiger partial charge on any atom is 0.143 e. The van der Waals surface area contributed by atoms with Crippen molar-refractivity contribution in [3.05, 3.63) is 35.7 Å². The average molecular weight is 283 g/mol. The molecule has 2 rings (SSSR count). The molecule has 0 amide bonds. The highest BCUT2D eigenvalue weighted by atomic mass is 16.5. The normalized spacial score (nSPS) is 10.2. The SMILES string of the molecule is COc1cc(C#N)ccc1Nc1cc(N)nc(C(C)C)n1. The molecular formula is C15H17N5O. The van der Waals surface area contributed by atoms with E-state index in [1.807, 2.05) is 13.8 Å². The van der Waals surface area contributed by atoms with Crippen molar-refractivity contribution >= 4 is 17.3 Å². The van der Waals surface area contributed by atoms with Gasteiger partial charge in [0.25, 0.3) is 0 Å². The smallest absolute Gasteiger partial charge is 0.143 e. The lowest BCUT2D eigenvalue weighted by molar-refractivity contribution is 0.416. The molecule has 6 nitrogen and oxygen atoms in total. The van der Waals surface area contributed by atoms with Gasteiger partial charge in [0, 0.05) is 18.1 Å². The number of nitrogen functional groups attached to an aromatic ring is 1. The van der Waals surface area contributed by atoms with E-state index in [0.29, 0.717) is 34.5 Å². The number of rotatable bonds is 4. The van der Waals surface area contributed by atoms with Crippen molar-refractivity contribution in [2.45, 2.75) is 19.8 Å². The molecule has 0 aliphatic carbocycles. The van der Waals surface area contributed by atoms with E-state index in [0.717, 1.165) is 0 Å². The van der Waals surface area contributed by atoms with E-state index in [2.05, 4.69) is 21.4 Å². The van der Waals surface area contributed by atoms with Crippen LogP contribution in [0.15, 0.2) is 24.3 Å². The fraction of sp³-hybridized carbons (Fsp3) is 0.267. The lowest BCUT2D eigenvalue weighted by atomic mass is 10.2. The Labute approximate surface area is 123 Å². The molecule has 6 heteroatoms. The minimum atomic E-state index is 0.178. The Hall–Kier alpha value is -2.81. The second-order valence-corrected chi connectivity index (χ2v) is 4.84. The molecule has 1 aromatic carbocycles. The summed E-state index contributed by atoms with van der Waals surface area (Å²) in [6.45, 7) is 4.00. The molecule has 0 spiro atoms. The predicted octanol–water partition coefficient (Wildman–Crippen LogP) is 2.81. The van der Waals surface area contributed by atoms with E-state index >= 15 is 0 Å². The molecule has 108 valence electrons. The summed E-state index contributed by atoms with van der Waals surface area (Å²) in [5.74, 6) is 2.41. The first-order valence-corrected chi connectivity index (χ1v) is 6.53. The molecule has 0 bridgehead atoms. The minimum absolute atomic E-state index is 0.178. The van der Waals surface area contributed by atoms with Crippen LogP contribution in [0.5, 0.6) is 5.75 Å². The number of benzene rings is 1. The van der Waals surface area contributed by atoms with E-state index < -0.39 is 0 Å². The van der Waals surface area contributed by atoms with Crippen molar-refractivity contribution < 1.29 is 4.74 Å². The molecule has 0 radical (unpaired) electrons. The first-order chi connectivity index (χ1) is 10.0. The van der Waals surface area contributed by atoms with Gasteiger partial charge in [0.05, 0.1) is 24.4 Å². The van der Waals surface area contributed by atoms with Gasteiger partial charge in [-0.2, -0.15) is 5.26 Å². The van der Waals surface area contributed by atoms with E-state index in [9.17, 15) is 0 Å². The largest absolute Gasteiger partial charge is 0.495 e. The first-order valence-electron chi connectivity index (χ1n) is 6.53. The molecular weight excluding hydrogens is 266 g/mol. The summed E-state index contributed by atoms with van der Waals surface area (Å²) < 4.78 is 5.28. The Bertz CT molecular complexity index is 691. The molecule has 0 saturated carbocycles. The summed E-state index contributed by atoms with van der Waals surface area (Å²) >= 11 is 0. The molecule has 3 N–H and O–H groups in total. The van der Waals surface area contributed by atoms with Gasteiger partial charge in [0.15, 0.2) is 0 Å². The minimum Gasteiger partial charge on any atom is -0.495 e. The number of nitriles is 1. The third-order valence-electron chi connectivity index (χ3n) is 2.87. The quantitative estimate of drug-likeness (QED) is 0.895. The van der Waals surface area contributed by atoms with Crippen molar-refractivity contribution in [3.8, 4) is 11.8 Å². The van der Waals surface area contributed by atoms with Gasteiger partial charge in [-0.05, 0) is 12.1 Å². The number of hydrogen-bond donors (Lipinski definition) is 2. The number of anilines is 3. The summed E-state index contributed by atoms with van der Waals surface area (Å²) in [5.41, 5.74) is 7.04. The van der Waals surface area contributed by atoms with Crippen molar-refractivity contribution in [1.82, 2.24) is 9.97 Å². The lowest BCUT2D eigenvalue weighted by Crippen LogP contribution is -2.05. The zero-order valence-electron chi connectivity index (χ0n) is 12.2. The first kappa shape index (κ1) is 14.6. The van der Waals surface area contributed by atoms with E-state index in [1.165, 1.54) is 0 Å². The summed E-state index contributed by atoms with van der Waals surface area (Å²) in [6.07, 6.45) is 0. The second-order valence-electron chi connectivity index (χ2n) is 4.84. The van der Waals surface area contributed by atoms with Gasteiger partial charge in [-0.3, -0.25) is 0 Å². The van der Waals surface area contributed by atoms with Crippen LogP contribution in [0.4, 0.5) is 17.3 Å². The van der Waals surface area contributed by atoms with E-state index in [1.54, 1.807) is 31.4 Å². The summed E-state index contributed by atoms with van der Waals surface area (Å²) in [5, 5.41) is 12.1. The summed E-state index contributed by atoms with van der Waals surface area (Å²) in [7, 11) is 1.55. The molecule has 0 fully saturated rings. The molecule has 0 aliphatic heterocycles. The summed E-state index contributed by atoms with van der Waals surface area (Å²) in [6, 6.07) is 8.87.